The first kappa shape index (κ1) is 22.9. The fraction of sp³-hybridized carbons (Fsp3) is 0.125. The van der Waals surface area contributed by atoms with Gasteiger partial charge in [-0.25, -0.2) is 13.8 Å². The molecule has 1 N–H and O–H groups in total. The Bertz CT molecular complexity index is 1190. The summed E-state index contributed by atoms with van der Waals surface area (Å²) in [6.07, 6.45) is -0.0431. The van der Waals surface area contributed by atoms with Crippen LogP contribution in [0.4, 0.5) is 20.2 Å². The Balaban J connectivity index is 1.59. The Kier molecular flexibility index (Phi) is 7.05. The van der Waals surface area contributed by atoms with E-state index < -0.39 is 11.1 Å². The quantitative estimate of drug-likeness (QED) is 0.498. The van der Waals surface area contributed by atoms with Crippen molar-refractivity contribution in [3.8, 4) is 0 Å². The predicted molar refractivity (Wildman–Crippen MR) is 127 cm³/mol. The number of anilines is 1. The maximum absolute atomic E-state index is 13.3. The molecule has 5 nitrogen and oxygen atoms in total. The van der Waals surface area contributed by atoms with E-state index in [1.165, 1.54) is 41.3 Å². The topological polar surface area (TPSA) is 61.8 Å². The van der Waals surface area contributed by atoms with Crippen LogP contribution in [0, 0.1) is 11.6 Å². The Morgan fingerprint density at radius 1 is 1.00 bits per heavy atom. The number of aliphatic imine (C=N–C) groups is 1. The lowest BCUT2D eigenvalue weighted by Gasteiger charge is -2.32. The van der Waals surface area contributed by atoms with Crippen LogP contribution in [-0.2, 0) is 16.1 Å². The second kappa shape index (κ2) is 10.1. The molecule has 4 rings (SSSR count). The summed E-state index contributed by atoms with van der Waals surface area (Å²) in [4.78, 5) is 31.9. The minimum atomic E-state index is -0.724. The van der Waals surface area contributed by atoms with Crippen molar-refractivity contribution in [3.63, 3.8) is 0 Å². The zero-order valence-electron chi connectivity index (χ0n) is 17.2. The maximum Gasteiger partial charge on any atom is 0.238 e. The normalized spacial score (nSPS) is 17.3. The summed E-state index contributed by atoms with van der Waals surface area (Å²) < 4.78 is 26.4. The van der Waals surface area contributed by atoms with Gasteiger partial charge in [-0.05, 0) is 66.2 Å². The first-order valence-electron chi connectivity index (χ1n) is 9.99. The van der Waals surface area contributed by atoms with Gasteiger partial charge in [-0.15, -0.1) is 0 Å². The predicted octanol–water partition coefficient (Wildman–Crippen LogP) is 5.78. The van der Waals surface area contributed by atoms with Crippen LogP contribution in [0.1, 0.15) is 12.0 Å². The molecule has 0 bridgehead atoms. The molecule has 1 aliphatic rings. The summed E-state index contributed by atoms with van der Waals surface area (Å²) in [5.74, 6) is -1.45. The Morgan fingerprint density at radius 3 is 2.24 bits per heavy atom. The summed E-state index contributed by atoms with van der Waals surface area (Å²) >= 11 is 7.11. The molecule has 9 heteroatoms. The van der Waals surface area contributed by atoms with Gasteiger partial charge in [0.1, 0.15) is 16.9 Å². The molecule has 1 fully saturated rings. The van der Waals surface area contributed by atoms with Crippen molar-refractivity contribution in [3.05, 3.63) is 95.0 Å². The van der Waals surface area contributed by atoms with Gasteiger partial charge in [0.25, 0.3) is 0 Å². The monoisotopic (exact) mass is 485 g/mol. The number of thioether (sulfide) groups is 1. The third kappa shape index (κ3) is 5.97. The van der Waals surface area contributed by atoms with E-state index in [1.54, 1.807) is 36.4 Å². The SMILES string of the molecule is O=C(Nc1ccc(F)cc1)C1CC(=O)N(Cc2ccc(F)cc2)C(=Nc2ccc(Cl)cc2)S1. The molecule has 0 radical (unpaired) electrons. The summed E-state index contributed by atoms with van der Waals surface area (Å²) in [6.45, 7) is 0.185. The molecule has 1 heterocycles. The number of halogens is 3. The van der Waals surface area contributed by atoms with Crippen molar-refractivity contribution >= 4 is 51.7 Å². The molecule has 1 atom stereocenters. The Morgan fingerprint density at radius 2 is 1.61 bits per heavy atom. The van der Waals surface area contributed by atoms with Crippen molar-refractivity contribution in [1.82, 2.24) is 4.90 Å². The molecule has 2 amide bonds. The average molecular weight is 486 g/mol. The van der Waals surface area contributed by atoms with Gasteiger partial charge in [0, 0.05) is 17.1 Å². The number of hydrogen-bond acceptors (Lipinski definition) is 4. The summed E-state index contributed by atoms with van der Waals surface area (Å²) in [7, 11) is 0. The van der Waals surface area contributed by atoms with Gasteiger partial charge in [0.2, 0.25) is 11.8 Å². The van der Waals surface area contributed by atoms with Crippen LogP contribution >= 0.6 is 23.4 Å². The van der Waals surface area contributed by atoms with Gasteiger partial charge in [0.05, 0.1) is 12.2 Å². The van der Waals surface area contributed by atoms with Crippen molar-refractivity contribution in [2.75, 3.05) is 5.32 Å². The number of nitrogens with one attached hydrogen (secondary N) is 1. The van der Waals surface area contributed by atoms with Crippen molar-refractivity contribution in [2.45, 2.75) is 18.2 Å². The summed E-state index contributed by atoms with van der Waals surface area (Å²) in [5.41, 5.74) is 1.72. The molecule has 3 aromatic rings. The largest absolute Gasteiger partial charge is 0.325 e. The van der Waals surface area contributed by atoms with Gasteiger partial charge in [-0.1, -0.05) is 35.5 Å². The number of hydrogen-bond donors (Lipinski definition) is 1. The molecule has 0 aromatic heterocycles. The van der Waals surface area contributed by atoms with Gasteiger partial charge in [-0.2, -0.15) is 0 Å². The highest BCUT2D eigenvalue weighted by atomic mass is 35.5. The lowest BCUT2D eigenvalue weighted by molar-refractivity contribution is -0.129. The van der Waals surface area contributed by atoms with E-state index in [-0.39, 0.29) is 30.6 Å². The second-order valence-corrected chi connectivity index (χ2v) is 8.89. The molecule has 1 saturated heterocycles. The molecule has 3 aromatic carbocycles. The van der Waals surface area contributed by atoms with Crippen LogP contribution in [0.3, 0.4) is 0 Å². The van der Waals surface area contributed by atoms with Crippen molar-refractivity contribution in [2.24, 2.45) is 4.99 Å². The Hall–Kier alpha value is -3.23. The van der Waals surface area contributed by atoms with Crippen LogP contribution in [0.5, 0.6) is 0 Å². The van der Waals surface area contributed by atoms with E-state index in [0.29, 0.717) is 21.6 Å². The lowest BCUT2D eigenvalue weighted by atomic mass is 10.2. The zero-order chi connectivity index (χ0) is 23.4. The number of amidine groups is 1. The molecule has 0 saturated carbocycles. The summed E-state index contributed by atoms with van der Waals surface area (Å²) in [5, 5.41) is 2.88. The van der Waals surface area contributed by atoms with Gasteiger partial charge in [0.15, 0.2) is 5.17 Å². The van der Waals surface area contributed by atoms with E-state index >= 15 is 0 Å². The molecule has 0 aliphatic carbocycles. The highest BCUT2D eigenvalue weighted by Crippen LogP contribution is 2.31. The average Bonchev–Trinajstić information content (AvgIpc) is 2.80. The molecule has 1 aliphatic heterocycles. The van der Waals surface area contributed by atoms with E-state index in [4.69, 9.17) is 11.6 Å². The first-order chi connectivity index (χ1) is 15.9. The number of amides is 2. The van der Waals surface area contributed by atoms with Crippen LogP contribution in [-0.4, -0.2) is 27.1 Å². The van der Waals surface area contributed by atoms with Gasteiger partial charge in [-0.3, -0.25) is 14.5 Å². The van der Waals surface area contributed by atoms with Crippen molar-refractivity contribution in [1.29, 1.82) is 0 Å². The van der Waals surface area contributed by atoms with Gasteiger partial charge < -0.3 is 5.32 Å². The zero-order valence-corrected chi connectivity index (χ0v) is 18.7. The van der Waals surface area contributed by atoms with E-state index in [2.05, 4.69) is 10.3 Å². The smallest absolute Gasteiger partial charge is 0.238 e. The van der Waals surface area contributed by atoms with E-state index in [1.807, 2.05) is 0 Å². The minimum Gasteiger partial charge on any atom is -0.325 e. The number of carbonyl (C=O) groups excluding carboxylic acids is 2. The molecular formula is C24H18ClF2N3O2S. The number of rotatable bonds is 5. The number of nitrogens with zero attached hydrogens (tertiary/aromatic N) is 2. The first-order valence-corrected chi connectivity index (χ1v) is 11.3. The van der Waals surface area contributed by atoms with Crippen LogP contribution < -0.4 is 5.32 Å². The maximum atomic E-state index is 13.3. The van der Waals surface area contributed by atoms with Crippen LogP contribution in [0.15, 0.2) is 77.8 Å². The molecule has 33 heavy (non-hydrogen) atoms. The van der Waals surface area contributed by atoms with Gasteiger partial charge >= 0.3 is 0 Å². The van der Waals surface area contributed by atoms with E-state index in [0.717, 1.165) is 17.3 Å². The molecular weight excluding hydrogens is 468 g/mol. The fourth-order valence-electron chi connectivity index (χ4n) is 3.15. The molecule has 168 valence electrons. The minimum absolute atomic E-state index is 0.0431. The van der Waals surface area contributed by atoms with E-state index in [9.17, 15) is 18.4 Å². The number of benzene rings is 3. The summed E-state index contributed by atoms with van der Waals surface area (Å²) in [6, 6.07) is 18.0. The third-order valence-electron chi connectivity index (χ3n) is 4.85. The highest BCUT2D eigenvalue weighted by Gasteiger charge is 2.36. The third-order valence-corrected chi connectivity index (χ3v) is 6.29. The standard InChI is InChI=1S/C24H18ClF2N3O2S/c25-16-3-9-20(10-4-16)29-24-30(14-15-1-5-17(26)6-2-15)22(31)13-21(33-24)23(32)28-19-11-7-18(27)8-12-19/h1-12,21H,13-14H2,(H,28,32). The Labute approximate surface area is 198 Å². The number of carbonyl (C=O) groups is 2. The highest BCUT2D eigenvalue weighted by molar-refractivity contribution is 8.15. The second-order valence-electron chi connectivity index (χ2n) is 7.28. The van der Waals surface area contributed by atoms with Crippen molar-refractivity contribution < 1.29 is 18.4 Å². The molecule has 0 spiro atoms. The van der Waals surface area contributed by atoms with Crippen LogP contribution in [0.25, 0.3) is 0 Å². The fourth-order valence-corrected chi connectivity index (χ4v) is 4.38. The van der Waals surface area contributed by atoms with Crippen LogP contribution in [0.2, 0.25) is 5.02 Å². The molecule has 1 unspecified atom stereocenters. The lowest BCUT2D eigenvalue weighted by Crippen LogP contribution is -2.44.